The van der Waals surface area contributed by atoms with Crippen molar-refractivity contribution in [3.8, 4) is 5.75 Å². The van der Waals surface area contributed by atoms with Gasteiger partial charge in [-0.25, -0.2) is 9.78 Å². The Balaban J connectivity index is 1.55. The number of hydrogen-bond donors (Lipinski definition) is 1. The number of rotatable bonds is 5. The van der Waals surface area contributed by atoms with Gasteiger partial charge in [-0.2, -0.15) is 0 Å². The lowest BCUT2D eigenvalue weighted by atomic mass is 10.2. The highest BCUT2D eigenvalue weighted by Crippen LogP contribution is 2.28. The zero-order chi connectivity index (χ0) is 17.6. The van der Waals surface area contributed by atoms with Gasteiger partial charge in [-0.15, -0.1) is 0 Å². The third-order valence-corrected chi connectivity index (χ3v) is 4.61. The molecule has 0 saturated heterocycles. The summed E-state index contributed by atoms with van der Waals surface area (Å²) in [5.41, 5.74) is 0.921. The van der Waals surface area contributed by atoms with Crippen LogP contribution in [-0.4, -0.2) is 41.6 Å². The zero-order valence-electron chi connectivity index (χ0n) is 13.9. The molecule has 0 fully saturated rings. The van der Waals surface area contributed by atoms with Crippen LogP contribution in [0.5, 0.6) is 5.75 Å². The van der Waals surface area contributed by atoms with Crippen molar-refractivity contribution >= 4 is 28.5 Å². The number of aromatic nitrogens is 1. The predicted molar refractivity (Wildman–Crippen MR) is 93.8 cm³/mol. The molecule has 132 valence electrons. The minimum absolute atomic E-state index is 0.0801. The standard InChI is InChI=1S/C17H19N3O4S/c1-2-23-17(22)20-9-8-13-14(10-20)25-16(18-13)19-15(21)11-24-12-6-4-3-5-7-12/h3-7H,2,8-11H2,1H3,(H,18,19,21). The number of carbonyl (C=O) groups excluding carboxylic acids is 2. The largest absolute Gasteiger partial charge is 0.484 e. The molecule has 3 rings (SSSR count). The van der Waals surface area contributed by atoms with Crippen LogP contribution in [-0.2, 0) is 22.5 Å². The molecule has 0 atom stereocenters. The molecule has 1 aromatic carbocycles. The van der Waals surface area contributed by atoms with Gasteiger partial charge >= 0.3 is 6.09 Å². The summed E-state index contributed by atoms with van der Waals surface area (Å²) in [6.45, 7) is 3.09. The summed E-state index contributed by atoms with van der Waals surface area (Å²) >= 11 is 1.38. The molecule has 2 heterocycles. The minimum Gasteiger partial charge on any atom is -0.484 e. The Hall–Kier alpha value is -2.61. The van der Waals surface area contributed by atoms with Crippen LogP contribution in [0.25, 0.3) is 0 Å². The van der Waals surface area contributed by atoms with E-state index in [-0.39, 0.29) is 18.6 Å². The van der Waals surface area contributed by atoms with Crippen molar-refractivity contribution < 1.29 is 19.1 Å². The summed E-state index contributed by atoms with van der Waals surface area (Å²) < 4.78 is 10.4. The van der Waals surface area contributed by atoms with Crippen LogP contribution in [0.4, 0.5) is 9.93 Å². The topological polar surface area (TPSA) is 80.8 Å². The molecular weight excluding hydrogens is 342 g/mol. The van der Waals surface area contributed by atoms with E-state index < -0.39 is 0 Å². The number of fused-ring (bicyclic) bond motifs is 1. The highest BCUT2D eigenvalue weighted by atomic mass is 32.1. The van der Waals surface area contributed by atoms with Crippen molar-refractivity contribution in [2.45, 2.75) is 19.9 Å². The first-order chi connectivity index (χ1) is 12.2. The zero-order valence-corrected chi connectivity index (χ0v) is 14.7. The molecule has 0 aliphatic carbocycles. The second-order valence-electron chi connectivity index (χ2n) is 5.41. The van der Waals surface area contributed by atoms with Crippen LogP contribution in [0.1, 0.15) is 17.5 Å². The lowest BCUT2D eigenvalue weighted by molar-refractivity contribution is -0.118. The molecule has 0 radical (unpaired) electrons. The summed E-state index contributed by atoms with van der Waals surface area (Å²) in [5, 5.41) is 3.27. The first kappa shape index (κ1) is 17.2. The lowest BCUT2D eigenvalue weighted by Gasteiger charge is -2.24. The monoisotopic (exact) mass is 361 g/mol. The van der Waals surface area contributed by atoms with Gasteiger partial charge in [-0.05, 0) is 19.1 Å². The molecule has 1 aliphatic heterocycles. The van der Waals surface area contributed by atoms with Crippen LogP contribution in [0.15, 0.2) is 30.3 Å². The van der Waals surface area contributed by atoms with Gasteiger partial charge in [0, 0.05) is 17.8 Å². The average molecular weight is 361 g/mol. The number of nitrogens with zero attached hydrogens (tertiary/aromatic N) is 2. The van der Waals surface area contributed by atoms with Crippen molar-refractivity contribution in [1.29, 1.82) is 0 Å². The first-order valence-corrected chi connectivity index (χ1v) is 8.85. The number of ether oxygens (including phenoxy) is 2. The van der Waals surface area contributed by atoms with Crippen LogP contribution < -0.4 is 10.1 Å². The van der Waals surface area contributed by atoms with E-state index in [4.69, 9.17) is 9.47 Å². The second kappa shape index (κ2) is 7.98. The van der Waals surface area contributed by atoms with Crippen LogP contribution >= 0.6 is 11.3 Å². The van der Waals surface area contributed by atoms with E-state index in [9.17, 15) is 9.59 Å². The molecule has 0 saturated carbocycles. The van der Waals surface area contributed by atoms with E-state index >= 15 is 0 Å². The van der Waals surface area contributed by atoms with E-state index in [1.54, 1.807) is 24.0 Å². The molecule has 2 aromatic rings. The Morgan fingerprint density at radius 3 is 2.88 bits per heavy atom. The summed E-state index contributed by atoms with van der Waals surface area (Å²) in [4.78, 5) is 30.9. The highest BCUT2D eigenvalue weighted by molar-refractivity contribution is 7.15. The second-order valence-corrected chi connectivity index (χ2v) is 6.49. The van der Waals surface area contributed by atoms with Gasteiger partial charge in [0.05, 0.1) is 18.8 Å². The number of hydrogen-bond acceptors (Lipinski definition) is 6. The third-order valence-electron chi connectivity index (χ3n) is 3.62. The maximum atomic E-state index is 12.0. The fourth-order valence-electron chi connectivity index (χ4n) is 2.44. The molecule has 1 aliphatic rings. The van der Waals surface area contributed by atoms with Gasteiger partial charge in [-0.3, -0.25) is 10.1 Å². The van der Waals surface area contributed by atoms with Gasteiger partial charge in [0.2, 0.25) is 0 Å². The highest BCUT2D eigenvalue weighted by Gasteiger charge is 2.25. The smallest absolute Gasteiger partial charge is 0.410 e. The fourth-order valence-corrected chi connectivity index (χ4v) is 3.48. The number of para-hydroxylation sites is 1. The maximum absolute atomic E-state index is 12.0. The summed E-state index contributed by atoms with van der Waals surface area (Å²) in [6.07, 6.45) is 0.338. The van der Waals surface area contributed by atoms with Gasteiger partial charge in [-0.1, -0.05) is 29.5 Å². The van der Waals surface area contributed by atoms with E-state index in [1.165, 1.54) is 11.3 Å². The molecule has 2 amide bonds. The fraction of sp³-hybridized carbons (Fsp3) is 0.353. The van der Waals surface area contributed by atoms with Crippen molar-refractivity contribution in [3.63, 3.8) is 0 Å². The summed E-state index contributed by atoms with van der Waals surface area (Å²) in [6, 6.07) is 9.15. The van der Waals surface area contributed by atoms with E-state index in [0.717, 1.165) is 10.6 Å². The molecule has 0 bridgehead atoms. The number of amides is 2. The molecule has 7 nitrogen and oxygen atoms in total. The van der Waals surface area contributed by atoms with Crippen molar-refractivity contribution in [2.75, 3.05) is 25.1 Å². The quantitative estimate of drug-likeness (QED) is 0.885. The molecule has 25 heavy (non-hydrogen) atoms. The normalized spacial score (nSPS) is 13.1. The average Bonchev–Trinajstić information content (AvgIpc) is 3.02. The Kier molecular flexibility index (Phi) is 5.49. The van der Waals surface area contributed by atoms with Gasteiger partial charge in [0.1, 0.15) is 5.75 Å². The molecule has 1 N–H and O–H groups in total. The van der Waals surface area contributed by atoms with Crippen molar-refractivity contribution in [3.05, 3.63) is 40.9 Å². The number of nitrogens with one attached hydrogen (secondary N) is 1. The predicted octanol–water partition coefficient (Wildman–Crippen LogP) is 2.68. The Bertz CT molecular complexity index is 748. The van der Waals surface area contributed by atoms with Crippen LogP contribution in [0, 0.1) is 0 Å². The van der Waals surface area contributed by atoms with E-state index in [2.05, 4.69) is 10.3 Å². The van der Waals surface area contributed by atoms with Gasteiger partial charge in [0.25, 0.3) is 5.91 Å². The van der Waals surface area contributed by atoms with Crippen molar-refractivity contribution in [1.82, 2.24) is 9.88 Å². The molecular formula is C17H19N3O4S. The number of thiazole rings is 1. The number of carbonyl (C=O) groups is 2. The lowest BCUT2D eigenvalue weighted by Crippen LogP contribution is -2.35. The van der Waals surface area contributed by atoms with Gasteiger partial charge < -0.3 is 14.4 Å². The Labute approximate surface area is 149 Å². The SMILES string of the molecule is CCOC(=O)N1CCc2nc(NC(=O)COc3ccccc3)sc2C1. The number of benzene rings is 1. The van der Waals surface area contributed by atoms with Crippen molar-refractivity contribution in [2.24, 2.45) is 0 Å². The first-order valence-electron chi connectivity index (χ1n) is 8.03. The Morgan fingerprint density at radius 1 is 1.32 bits per heavy atom. The number of anilines is 1. The summed E-state index contributed by atoms with van der Waals surface area (Å²) in [7, 11) is 0. The van der Waals surface area contributed by atoms with Crippen LogP contribution in [0.3, 0.4) is 0 Å². The Morgan fingerprint density at radius 2 is 2.12 bits per heavy atom. The van der Waals surface area contributed by atoms with E-state index in [0.29, 0.717) is 37.0 Å². The molecule has 0 spiro atoms. The maximum Gasteiger partial charge on any atom is 0.410 e. The minimum atomic E-state index is -0.316. The molecule has 1 aromatic heterocycles. The third kappa shape index (κ3) is 4.48. The molecule has 0 unspecified atom stereocenters. The van der Waals surface area contributed by atoms with Crippen LogP contribution in [0.2, 0.25) is 0 Å². The van der Waals surface area contributed by atoms with E-state index in [1.807, 2.05) is 18.2 Å². The van der Waals surface area contributed by atoms with Gasteiger partial charge in [0.15, 0.2) is 11.7 Å². The molecule has 8 heteroatoms. The summed E-state index contributed by atoms with van der Waals surface area (Å²) in [5.74, 6) is 0.373.